The first-order chi connectivity index (χ1) is 8.19. The number of alkyl halides is 1. The zero-order chi connectivity index (χ0) is 12.3. The number of hydrogen-bond donors (Lipinski definition) is 0. The zero-order valence-corrected chi connectivity index (χ0v) is 10.9. The normalized spacial score (nSPS) is 10.3. The highest BCUT2D eigenvalue weighted by molar-refractivity contribution is 6.30. The molecule has 0 radical (unpaired) electrons. The third-order valence-corrected chi connectivity index (χ3v) is 2.94. The van der Waals surface area contributed by atoms with Crippen LogP contribution in [0.25, 0.3) is 0 Å². The van der Waals surface area contributed by atoms with Crippen molar-refractivity contribution in [1.82, 2.24) is 0 Å². The lowest BCUT2D eigenvalue weighted by molar-refractivity contribution is 0.478. The molecule has 17 heavy (non-hydrogen) atoms. The third kappa shape index (κ3) is 3.15. The molecule has 2 rings (SSSR count). The van der Waals surface area contributed by atoms with Gasteiger partial charge >= 0.3 is 0 Å². The largest absolute Gasteiger partial charge is 0.457 e. The average molecular weight is 267 g/mol. The van der Waals surface area contributed by atoms with E-state index in [2.05, 4.69) is 0 Å². The Labute approximate surface area is 111 Å². The van der Waals surface area contributed by atoms with Crippen molar-refractivity contribution in [3.63, 3.8) is 0 Å². The molecule has 2 aromatic rings. The van der Waals surface area contributed by atoms with Crippen molar-refractivity contribution >= 4 is 23.2 Å². The molecule has 0 aliphatic rings. The number of benzene rings is 2. The highest BCUT2D eigenvalue weighted by Gasteiger charge is 2.05. The molecule has 2 aromatic carbocycles. The maximum Gasteiger partial charge on any atom is 0.131 e. The zero-order valence-electron chi connectivity index (χ0n) is 9.41. The minimum Gasteiger partial charge on any atom is -0.457 e. The third-order valence-electron chi connectivity index (χ3n) is 2.42. The molecule has 3 heteroatoms. The van der Waals surface area contributed by atoms with Gasteiger partial charge in [-0.3, -0.25) is 0 Å². The topological polar surface area (TPSA) is 9.23 Å². The van der Waals surface area contributed by atoms with Crippen LogP contribution in [-0.2, 0) is 5.88 Å². The molecule has 1 nitrogen and oxygen atoms in total. The van der Waals surface area contributed by atoms with Gasteiger partial charge in [-0.25, -0.2) is 0 Å². The highest BCUT2D eigenvalue weighted by Crippen LogP contribution is 2.29. The van der Waals surface area contributed by atoms with Gasteiger partial charge in [0.25, 0.3) is 0 Å². The van der Waals surface area contributed by atoms with Crippen molar-refractivity contribution in [3.05, 3.63) is 58.6 Å². The predicted octanol–water partition coefficient (Wildman–Crippen LogP) is 5.18. The lowest BCUT2D eigenvalue weighted by atomic mass is 10.2. The molecular formula is C14H12Cl2O. The molecule has 0 fully saturated rings. The number of aryl methyl sites for hydroxylation is 1. The van der Waals surface area contributed by atoms with Crippen LogP contribution in [0.5, 0.6) is 11.5 Å². The molecule has 0 aromatic heterocycles. The summed E-state index contributed by atoms with van der Waals surface area (Å²) in [6, 6.07) is 13.3. The minimum atomic E-state index is 0.377. The van der Waals surface area contributed by atoms with Crippen LogP contribution in [0.4, 0.5) is 0 Å². The Hall–Kier alpha value is -1.18. The van der Waals surface area contributed by atoms with Crippen molar-refractivity contribution in [2.24, 2.45) is 0 Å². The van der Waals surface area contributed by atoms with Crippen molar-refractivity contribution in [3.8, 4) is 11.5 Å². The standard InChI is InChI=1S/C14H12Cl2O/c1-10-2-5-13(6-3-10)17-14-7-4-12(16)8-11(14)9-15/h2-8H,9H2,1H3. The van der Waals surface area contributed by atoms with Gasteiger partial charge in [-0.05, 0) is 37.3 Å². The molecule has 0 aliphatic heterocycles. The Kier molecular flexibility index (Phi) is 3.93. The van der Waals surface area contributed by atoms with Gasteiger partial charge in [-0.2, -0.15) is 0 Å². The first-order valence-corrected chi connectivity index (χ1v) is 6.19. The Morgan fingerprint density at radius 1 is 1.06 bits per heavy atom. The number of ether oxygens (including phenoxy) is 1. The van der Waals surface area contributed by atoms with Gasteiger partial charge in [0.1, 0.15) is 11.5 Å². The molecule has 0 saturated heterocycles. The second-order valence-electron chi connectivity index (χ2n) is 3.80. The van der Waals surface area contributed by atoms with Crippen LogP contribution in [0, 0.1) is 6.92 Å². The molecule has 0 unspecified atom stereocenters. The summed E-state index contributed by atoms with van der Waals surface area (Å²) in [6.45, 7) is 2.04. The van der Waals surface area contributed by atoms with Gasteiger partial charge in [0.15, 0.2) is 0 Å². The first-order valence-electron chi connectivity index (χ1n) is 5.28. The second-order valence-corrected chi connectivity index (χ2v) is 4.50. The van der Waals surface area contributed by atoms with Crippen LogP contribution < -0.4 is 4.74 Å². The van der Waals surface area contributed by atoms with Crippen LogP contribution in [0.15, 0.2) is 42.5 Å². The average Bonchev–Trinajstić information content (AvgIpc) is 2.34. The molecule has 0 aliphatic carbocycles. The van der Waals surface area contributed by atoms with Gasteiger partial charge in [0, 0.05) is 10.6 Å². The molecule has 0 N–H and O–H groups in total. The second kappa shape index (κ2) is 5.44. The van der Waals surface area contributed by atoms with Crippen LogP contribution in [-0.4, -0.2) is 0 Å². The van der Waals surface area contributed by atoms with Gasteiger partial charge in [-0.1, -0.05) is 29.3 Å². The van der Waals surface area contributed by atoms with E-state index in [0.29, 0.717) is 10.9 Å². The number of rotatable bonds is 3. The Morgan fingerprint density at radius 3 is 2.41 bits per heavy atom. The summed E-state index contributed by atoms with van der Waals surface area (Å²) in [4.78, 5) is 0. The minimum absolute atomic E-state index is 0.377. The van der Waals surface area contributed by atoms with Crippen LogP contribution in [0.3, 0.4) is 0 Å². The van der Waals surface area contributed by atoms with Gasteiger partial charge in [0.05, 0.1) is 5.88 Å². The van der Waals surface area contributed by atoms with E-state index in [1.807, 2.05) is 43.3 Å². The van der Waals surface area contributed by atoms with E-state index in [9.17, 15) is 0 Å². The van der Waals surface area contributed by atoms with E-state index in [1.54, 1.807) is 6.07 Å². The summed E-state index contributed by atoms with van der Waals surface area (Å²) < 4.78 is 5.77. The van der Waals surface area contributed by atoms with E-state index in [-0.39, 0.29) is 0 Å². The smallest absolute Gasteiger partial charge is 0.131 e. The van der Waals surface area contributed by atoms with Crippen molar-refractivity contribution in [2.75, 3.05) is 0 Å². The van der Waals surface area contributed by atoms with Crippen molar-refractivity contribution < 1.29 is 4.74 Å². The van der Waals surface area contributed by atoms with Crippen molar-refractivity contribution in [1.29, 1.82) is 0 Å². The first kappa shape index (κ1) is 12.3. The van der Waals surface area contributed by atoms with E-state index >= 15 is 0 Å². The number of halogens is 2. The van der Waals surface area contributed by atoms with Crippen LogP contribution in [0.2, 0.25) is 5.02 Å². The highest BCUT2D eigenvalue weighted by atomic mass is 35.5. The summed E-state index contributed by atoms with van der Waals surface area (Å²) >= 11 is 11.8. The molecule has 0 bridgehead atoms. The quantitative estimate of drug-likeness (QED) is 0.696. The van der Waals surface area contributed by atoms with E-state index < -0.39 is 0 Å². The summed E-state index contributed by atoms with van der Waals surface area (Å²) in [5.41, 5.74) is 2.09. The predicted molar refractivity (Wildman–Crippen MR) is 72.3 cm³/mol. The van der Waals surface area contributed by atoms with Gasteiger partial charge < -0.3 is 4.74 Å². The fraction of sp³-hybridized carbons (Fsp3) is 0.143. The maximum atomic E-state index is 5.91. The molecule has 0 spiro atoms. The summed E-state index contributed by atoms with van der Waals surface area (Å²) in [6.07, 6.45) is 0. The van der Waals surface area contributed by atoms with Crippen LogP contribution >= 0.6 is 23.2 Å². The van der Waals surface area contributed by atoms with E-state index in [1.165, 1.54) is 5.56 Å². The Bertz CT molecular complexity index is 506. The monoisotopic (exact) mass is 266 g/mol. The van der Waals surface area contributed by atoms with E-state index in [4.69, 9.17) is 27.9 Å². The molecular weight excluding hydrogens is 255 g/mol. The number of hydrogen-bond acceptors (Lipinski definition) is 1. The van der Waals surface area contributed by atoms with E-state index in [0.717, 1.165) is 17.1 Å². The molecule has 0 atom stereocenters. The van der Waals surface area contributed by atoms with Crippen LogP contribution in [0.1, 0.15) is 11.1 Å². The SMILES string of the molecule is Cc1ccc(Oc2ccc(Cl)cc2CCl)cc1. The molecule has 88 valence electrons. The van der Waals surface area contributed by atoms with Gasteiger partial charge in [0.2, 0.25) is 0 Å². The summed E-state index contributed by atoms with van der Waals surface area (Å²) in [7, 11) is 0. The lowest BCUT2D eigenvalue weighted by Crippen LogP contribution is -1.89. The Morgan fingerprint density at radius 2 is 1.76 bits per heavy atom. The Balaban J connectivity index is 2.26. The molecule has 0 amide bonds. The fourth-order valence-corrected chi connectivity index (χ4v) is 1.89. The van der Waals surface area contributed by atoms with Crippen molar-refractivity contribution in [2.45, 2.75) is 12.8 Å². The van der Waals surface area contributed by atoms with Gasteiger partial charge in [-0.15, -0.1) is 11.6 Å². The molecule has 0 saturated carbocycles. The maximum absolute atomic E-state index is 5.91. The lowest BCUT2D eigenvalue weighted by Gasteiger charge is -2.10. The summed E-state index contributed by atoms with van der Waals surface area (Å²) in [5.74, 6) is 1.92. The molecule has 0 heterocycles. The fourth-order valence-electron chi connectivity index (χ4n) is 1.49. The summed E-state index contributed by atoms with van der Waals surface area (Å²) in [5, 5.41) is 0.664.